The van der Waals surface area contributed by atoms with E-state index >= 15 is 0 Å². The Morgan fingerprint density at radius 1 is 0.317 bits per heavy atom. The van der Waals surface area contributed by atoms with Gasteiger partial charge in [-0.15, -0.1) is 0 Å². The Bertz CT molecular complexity index is 1680. The van der Waals surface area contributed by atoms with Crippen molar-refractivity contribution in [2.45, 2.75) is 14.7 Å². The molecule has 41 heavy (non-hydrogen) atoms. The molecule has 3 heterocycles. The molecule has 3 aliphatic heterocycles. The zero-order valence-corrected chi connectivity index (χ0v) is 23.4. The van der Waals surface area contributed by atoms with E-state index in [9.17, 15) is 0 Å². The predicted octanol–water partition coefficient (Wildman–Crippen LogP) is 10.9. The summed E-state index contributed by atoms with van der Waals surface area (Å²) in [5, 5.41) is 0. The van der Waals surface area contributed by atoms with Crippen LogP contribution in [0.4, 0.5) is 51.2 Å². The van der Waals surface area contributed by atoms with Crippen molar-refractivity contribution in [2.24, 2.45) is 0 Å². The summed E-state index contributed by atoms with van der Waals surface area (Å²) in [5.74, 6) is 0. The SMILES string of the molecule is CS12c3c4cccc3N(c3ccccc3)c3cccc(c31)N(c1ccccc1)c1cccc(c12)N4c1ccccc1. The maximum atomic E-state index is 2.53. The van der Waals surface area contributed by atoms with Crippen molar-refractivity contribution in [3.05, 3.63) is 146 Å². The fourth-order valence-corrected chi connectivity index (χ4v) is 11.2. The fraction of sp³-hybridized carbons (Fsp3) is 0.0270. The third-order valence-electron chi connectivity index (χ3n) is 8.63. The van der Waals surface area contributed by atoms with Crippen LogP contribution < -0.4 is 14.7 Å². The first-order valence-corrected chi connectivity index (χ1v) is 16.0. The molecule has 6 aromatic carbocycles. The lowest BCUT2D eigenvalue weighted by Crippen LogP contribution is -2.32. The second-order valence-corrected chi connectivity index (χ2v) is 13.9. The Labute approximate surface area is 241 Å². The Balaban J connectivity index is 1.47. The molecule has 0 saturated carbocycles. The molecule has 0 radical (unpaired) electrons. The van der Waals surface area contributed by atoms with Gasteiger partial charge in [0.2, 0.25) is 0 Å². The second kappa shape index (κ2) is 8.29. The van der Waals surface area contributed by atoms with E-state index in [1.807, 2.05) is 0 Å². The molecular formula is C37H27N3S. The minimum absolute atomic E-state index is 1.18. The molecule has 0 saturated heterocycles. The van der Waals surface area contributed by atoms with Gasteiger partial charge in [0.15, 0.2) is 0 Å². The van der Waals surface area contributed by atoms with Gasteiger partial charge >= 0.3 is 0 Å². The van der Waals surface area contributed by atoms with Gasteiger partial charge in [-0.25, -0.2) is 0 Å². The molecule has 0 N–H and O–H groups in total. The van der Waals surface area contributed by atoms with Gasteiger partial charge in [0.25, 0.3) is 0 Å². The van der Waals surface area contributed by atoms with E-state index in [0.717, 1.165) is 0 Å². The van der Waals surface area contributed by atoms with E-state index < -0.39 is 10.0 Å². The average molecular weight is 546 g/mol. The normalized spacial score (nSPS) is 15.8. The van der Waals surface area contributed by atoms with Crippen LogP contribution in [0.1, 0.15) is 0 Å². The second-order valence-electron chi connectivity index (χ2n) is 10.8. The molecular weight excluding hydrogens is 518 g/mol. The van der Waals surface area contributed by atoms with Crippen LogP contribution >= 0.6 is 10.0 Å². The first-order valence-electron chi connectivity index (χ1n) is 14.0. The fourth-order valence-electron chi connectivity index (χ4n) is 7.11. The summed E-state index contributed by atoms with van der Waals surface area (Å²) in [6.07, 6.45) is 2.53. The zero-order valence-electron chi connectivity index (χ0n) is 22.6. The molecule has 4 heteroatoms. The van der Waals surface area contributed by atoms with Crippen molar-refractivity contribution in [3.8, 4) is 0 Å². The third kappa shape index (κ3) is 2.90. The summed E-state index contributed by atoms with van der Waals surface area (Å²) >= 11 is 0. The van der Waals surface area contributed by atoms with Gasteiger partial charge in [-0.05, 0) is 79.1 Å². The predicted molar refractivity (Wildman–Crippen MR) is 172 cm³/mol. The molecule has 6 aromatic rings. The van der Waals surface area contributed by atoms with Gasteiger partial charge in [-0.1, -0.05) is 72.8 Å². The van der Waals surface area contributed by atoms with Crippen molar-refractivity contribution in [1.29, 1.82) is 0 Å². The van der Waals surface area contributed by atoms with Crippen LogP contribution in [-0.4, -0.2) is 6.26 Å². The van der Waals surface area contributed by atoms with Crippen molar-refractivity contribution in [2.75, 3.05) is 21.0 Å². The van der Waals surface area contributed by atoms with Crippen LogP contribution in [0, 0.1) is 0 Å². The molecule has 0 amide bonds. The van der Waals surface area contributed by atoms with E-state index in [4.69, 9.17) is 0 Å². The van der Waals surface area contributed by atoms with Crippen molar-refractivity contribution in [3.63, 3.8) is 0 Å². The maximum absolute atomic E-state index is 2.53. The lowest BCUT2D eigenvalue weighted by Gasteiger charge is -2.57. The molecule has 0 atom stereocenters. The van der Waals surface area contributed by atoms with Crippen LogP contribution in [0.5, 0.6) is 0 Å². The van der Waals surface area contributed by atoms with Crippen LogP contribution in [0.3, 0.4) is 0 Å². The van der Waals surface area contributed by atoms with E-state index in [0.29, 0.717) is 0 Å². The molecule has 3 aliphatic rings. The summed E-state index contributed by atoms with van der Waals surface area (Å²) in [6, 6.07) is 53.1. The number of benzene rings is 6. The van der Waals surface area contributed by atoms with Gasteiger partial charge in [0.05, 0.1) is 34.1 Å². The van der Waals surface area contributed by atoms with Crippen molar-refractivity contribution >= 4 is 61.2 Å². The lowest BCUT2D eigenvalue weighted by atomic mass is 10.1. The molecule has 0 aromatic heterocycles. The molecule has 0 unspecified atom stereocenters. The number of hydrogen-bond donors (Lipinski definition) is 0. The summed E-state index contributed by atoms with van der Waals surface area (Å²) < 4.78 is 0. The minimum Gasteiger partial charge on any atom is -0.308 e. The molecule has 0 fully saturated rings. The van der Waals surface area contributed by atoms with E-state index in [1.165, 1.54) is 65.9 Å². The van der Waals surface area contributed by atoms with Crippen molar-refractivity contribution in [1.82, 2.24) is 0 Å². The third-order valence-corrected chi connectivity index (χ3v) is 12.3. The van der Waals surface area contributed by atoms with Crippen LogP contribution in [0.15, 0.2) is 160 Å². The van der Waals surface area contributed by atoms with Crippen molar-refractivity contribution < 1.29 is 0 Å². The minimum atomic E-state index is -1.61. The van der Waals surface area contributed by atoms with Crippen LogP contribution in [0.2, 0.25) is 0 Å². The largest absolute Gasteiger partial charge is 0.308 e. The Morgan fingerprint density at radius 2 is 0.561 bits per heavy atom. The Morgan fingerprint density at radius 3 is 0.805 bits per heavy atom. The van der Waals surface area contributed by atoms with Gasteiger partial charge in [0.1, 0.15) is 0 Å². The van der Waals surface area contributed by atoms with Gasteiger partial charge in [0, 0.05) is 31.7 Å². The Hall–Kier alpha value is -4.93. The maximum Gasteiger partial charge on any atom is 0.0610 e. The smallest absolute Gasteiger partial charge is 0.0610 e. The Kier molecular flexibility index (Phi) is 4.62. The standard InChI is InChI=1S/C37H27N3S/c1-41-35-29-20-11-22-31(35)39(27-16-7-3-8-17-27)33-24-13-25-34(37(33)41)40(28-18-9-4-10-19-28)32-23-12-21-30(36(32)41)38(29)26-14-5-2-6-15-26/h2-25H,1H3. The molecule has 3 nitrogen and oxygen atoms in total. The van der Waals surface area contributed by atoms with Gasteiger partial charge < -0.3 is 14.7 Å². The number of hydrogen-bond acceptors (Lipinski definition) is 3. The van der Waals surface area contributed by atoms with Crippen LogP contribution in [-0.2, 0) is 0 Å². The highest BCUT2D eigenvalue weighted by Gasteiger charge is 2.51. The summed E-state index contributed by atoms with van der Waals surface area (Å²) in [4.78, 5) is 11.7. The topological polar surface area (TPSA) is 9.72 Å². The zero-order chi connectivity index (χ0) is 27.1. The molecule has 0 aliphatic carbocycles. The van der Waals surface area contributed by atoms with Crippen LogP contribution in [0.25, 0.3) is 0 Å². The lowest BCUT2D eigenvalue weighted by molar-refractivity contribution is 1.04. The average Bonchev–Trinajstić information content (AvgIpc) is 3.03. The summed E-state index contributed by atoms with van der Waals surface area (Å²) in [7, 11) is -1.61. The monoisotopic (exact) mass is 545 g/mol. The first-order chi connectivity index (χ1) is 20.3. The number of nitrogens with zero attached hydrogens (tertiary/aromatic N) is 3. The number of rotatable bonds is 3. The highest BCUT2D eigenvalue weighted by molar-refractivity contribution is 8.34. The summed E-state index contributed by atoms with van der Waals surface area (Å²) in [5.41, 5.74) is 11.1. The number of anilines is 9. The quantitative estimate of drug-likeness (QED) is 0.219. The van der Waals surface area contributed by atoms with Gasteiger partial charge in [-0.2, -0.15) is 10.0 Å². The molecule has 0 bridgehead atoms. The molecule has 0 spiro atoms. The molecule has 9 rings (SSSR count). The molecule has 196 valence electrons. The van der Waals surface area contributed by atoms with E-state index in [1.54, 1.807) is 0 Å². The first kappa shape index (κ1) is 22.8. The number of para-hydroxylation sites is 3. The van der Waals surface area contributed by atoms with E-state index in [-0.39, 0.29) is 0 Å². The van der Waals surface area contributed by atoms with Gasteiger partial charge in [-0.3, -0.25) is 0 Å². The van der Waals surface area contributed by atoms with E-state index in [2.05, 4.69) is 167 Å². The highest BCUT2D eigenvalue weighted by atomic mass is 32.3. The highest BCUT2D eigenvalue weighted by Crippen LogP contribution is 2.84. The summed E-state index contributed by atoms with van der Waals surface area (Å²) in [6.45, 7) is 0.